The number of ether oxygens (including phenoxy) is 2. The average molecular weight is 302 g/mol. The van der Waals surface area contributed by atoms with Crippen LogP contribution in [0.2, 0.25) is 0 Å². The number of amides is 1. The Bertz CT molecular complexity index is 293. The Morgan fingerprint density at radius 1 is 1.38 bits per heavy atom. The summed E-state index contributed by atoms with van der Waals surface area (Å²) in [5.74, 6) is 0.593. The molecule has 2 N–H and O–H groups in total. The number of carbonyl (C=O) groups is 1. The van der Waals surface area contributed by atoms with Gasteiger partial charge in [0.2, 0.25) is 5.91 Å². The van der Waals surface area contributed by atoms with Crippen LogP contribution >= 0.6 is 0 Å². The van der Waals surface area contributed by atoms with E-state index in [-0.39, 0.29) is 12.0 Å². The first-order valence-electron chi connectivity index (χ1n) is 7.76. The van der Waals surface area contributed by atoms with E-state index in [0.29, 0.717) is 25.7 Å². The molecule has 1 fully saturated rings. The van der Waals surface area contributed by atoms with Crippen molar-refractivity contribution in [2.75, 3.05) is 46.5 Å². The van der Waals surface area contributed by atoms with Crippen LogP contribution in [-0.2, 0) is 14.3 Å². The molecule has 21 heavy (non-hydrogen) atoms. The van der Waals surface area contributed by atoms with Gasteiger partial charge in [0.05, 0.1) is 25.4 Å². The second-order valence-corrected chi connectivity index (χ2v) is 5.93. The van der Waals surface area contributed by atoms with Gasteiger partial charge in [0.15, 0.2) is 0 Å². The van der Waals surface area contributed by atoms with E-state index in [2.05, 4.69) is 10.2 Å². The summed E-state index contributed by atoms with van der Waals surface area (Å²) < 4.78 is 10.5. The molecule has 0 aliphatic carbocycles. The molecule has 1 heterocycles. The van der Waals surface area contributed by atoms with Crippen molar-refractivity contribution >= 4 is 5.91 Å². The summed E-state index contributed by atoms with van der Waals surface area (Å²) >= 11 is 0. The normalized spacial score (nSPS) is 20.2. The van der Waals surface area contributed by atoms with Gasteiger partial charge in [0.25, 0.3) is 0 Å². The molecule has 0 bridgehead atoms. The summed E-state index contributed by atoms with van der Waals surface area (Å²) in [7, 11) is 1.64. The zero-order chi connectivity index (χ0) is 15.7. The van der Waals surface area contributed by atoms with Crippen molar-refractivity contribution in [3.05, 3.63) is 0 Å². The van der Waals surface area contributed by atoms with Crippen LogP contribution in [0.15, 0.2) is 0 Å². The maximum absolute atomic E-state index is 10.9. The SMILES string of the molecule is COCC(C)OCC(O)CN1CCC(CNC(C)=O)CC1. The summed E-state index contributed by atoms with van der Waals surface area (Å²) in [5, 5.41) is 12.9. The molecule has 0 aromatic carbocycles. The van der Waals surface area contributed by atoms with Gasteiger partial charge in [-0.1, -0.05) is 0 Å². The zero-order valence-corrected chi connectivity index (χ0v) is 13.5. The molecule has 2 unspecified atom stereocenters. The lowest BCUT2D eigenvalue weighted by atomic mass is 9.96. The monoisotopic (exact) mass is 302 g/mol. The first kappa shape index (κ1) is 18.4. The number of rotatable bonds is 9. The fourth-order valence-corrected chi connectivity index (χ4v) is 2.57. The minimum atomic E-state index is -0.462. The van der Waals surface area contributed by atoms with Gasteiger partial charge in [-0.2, -0.15) is 0 Å². The number of nitrogens with zero attached hydrogens (tertiary/aromatic N) is 1. The molecule has 1 saturated heterocycles. The highest BCUT2D eigenvalue weighted by molar-refractivity contribution is 5.72. The van der Waals surface area contributed by atoms with E-state index in [1.165, 1.54) is 0 Å². The van der Waals surface area contributed by atoms with Crippen molar-refractivity contribution in [3.8, 4) is 0 Å². The largest absolute Gasteiger partial charge is 0.389 e. The molecule has 6 nitrogen and oxygen atoms in total. The Morgan fingerprint density at radius 2 is 2.05 bits per heavy atom. The van der Waals surface area contributed by atoms with Crippen LogP contribution in [0.5, 0.6) is 0 Å². The van der Waals surface area contributed by atoms with Crippen LogP contribution in [0.4, 0.5) is 0 Å². The zero-order valence-electron chi connectivity index (χ0n) is 13.5. The van der Waals surface area contributed by atoms with Gasteiger partial charge in [-0.05, 0) is 38.8 Å². The lowest BCUT2D eigenvalue weighted by Gasteiger charge is -2.33. The van der Waals surface area contributed by atoms with Crippen molar-refractivity contribution in [1.82, 2.24) is 10.2 Å². The van der Waals surface area contributed by atoms with Crippen LogP contribution < -0.4 is 5.32 Å². The van der Waals surface area contributed by atoms with Crippen molar-refractivity contribution < 1.29 is 19.4 Å². The summed E-state index contributed by atoms with van der Waals surface area (Å²) in [6.45, 7) is 7.72. The molecule has 0 aromatic heterocycles. The minimum Gasteiger partial charge on any atom is -0.389 e. The van der Waals surface area contributed by atoms with Crippen molar-refractivity contribution in [2.24, 2.45) is 5.92 Å². The first-order chi connectivity index (χ1) is 10.0. The van der Waals surface area contributed by atoms with Gasteiger partial charge < -0.3 is 24.8 Å². The van der Waals surface area contributed by atoms with Gasteiger partial charge in [-0.25, -0.2) is 0 Å². The Kier molecular flexibility index (Phi) is 8.84. The highest BCUT2D eigenvalue weighted by Crippen LogP contribution is 2.16. The fourth-order valence-electron chi connectivity index (χ4n) is 2.57. The van der Waals surface area contributed by atoms with Crippen molar-refractivity contribution in [2.45, 2.75) is 38.9 Å². The number of likely N-dealkylation sites (tertiary alicyclic amines) is 1. The first-order valence-corrected chi connectivity index (χ1v) is 7.76. The van der Waals surface area contributed by atoms with E-state index in [0.717, 1.165) is 32.5 Å². The van der Waals surface area contributed by atoms with Gasteiger partial charge in [0, 0.05) is 27.1 Å². The van der Waals surface area contributed by atoms with E-state index in [1.54, 1.807) is 14.0 Å². The minimum absolute atomic E-state index is 0.00745. The number of hydrogen-bond acceptors (Lipinski definition) is 5. The third-order valence-electron chi connectivity index (χ3n) is 3.79. The molecule has 0 saturated carbocycles. The van der Waals surface area contributed by atoms with Crippen LogP contribution in [0.25, 0.3) is 0 Å². The number of carbonyl (C=O) groups excluding carboxylic acids is 1. The van der Waals surface area contributed by atoms with E-state index in [1.807, 2.05) is 6.92 Å². The number of aliphatic hydroxyl groups excluding tert-OH is 1. The molecule has 124 valence electrons. The number of β-amino-alcohol motifs (C(OH)–C–C–N with tert-alkyl or cyclic N) is 1. The predicted molar refractivity (Wildman–Crippen MR) is 81.1 cm³/mol. The molecule has 6 heteroatoms. The summed E-state index contributed by atoms with van der Waals surface area (Å²) in [4.78, 5) is 13.2. The molecule has 2 atom stereocenters. The van der Waals surface area contributed by atoms with Crippen LogP contribution in [-0.4, -0.2) is 74.6 Å². The third kappa shape index (κ3) is 8.36. The maximum Gasteiger partial charge on any atom is 0.216 e. The maximum atomic E-state index is 10.9. The molecule has 0 aromatic rings. The number of methoxy groups -OCH3 is 1. The number of aliphatic hydroxyl groups is 1. The van der Waals surface area contributed by atoms with E-state index >= 15 is 0 Å². The van der Waals surface area contributed by atoms with Crippen LogP contribution in [0, 0.1) is 5.92 Å². The summed E-state index contributed by atoms with van der Waals surface area (Å²) in [6.07, 6.45) is 1.67. The lowest BCUT2D eigenvalue weighted by molar-refractivity contribution is -0.119. The summed E-state index contributed by atoms with van der Waals surface area (Å²) in [6, 6.07) is 0. The second-order valence-electron chi connectivity index (χ2n) is 5.93. The van der Waals surface area contributed by atoms with Gasteiger partial charge in [0.1, 0.15) is 0 Å². The summed E-state index contributed by atoms with van der Waals surface area (Å²) in [5.41, 5.74) is 0. The molecule has 1 aliphatic heterocycles. The molecule has 0 radical (unpaired) electrons. The molecular formula is C15H30N2O4. The second kappa shape index (κ2) is 10.1. The lowest BCUT2D eigenvalue weighted by Crippen LogP contribution is -2.42. The fraction of sp³-hybridized carbons (Fsp3) is 0.933. The average Bonchev–Trinajstić information content (AvgIpc) is 2.45. The third-order valence-corrected chi connectivity index (χ3v) is 3.79. The van der Waals surface area contributed by atoms with Gasteiger partial charge in [-0.15, -0.1) is 0 Å². The van der Waals surface area contributed by atoms with Crippen LogP contribution in [0.1, 0.15) is 26.7 Å². The highest BCUT2D eigenvalue weighted by Gasteiger charge is 2.21. The van der Waals surface area contributed by atoms with Gasteiger partial charge in [-0.3, -0.25) is 4.79 Å². The molecule has 1 amide bonds. The van der Waals surface area contributed by atoms with E-state index in [9.17, 15) is 9.90 Å². The Hall–Kier alpha value is -0.690. The molecular weight excluding hydrogens is 272 g/mol. The highest BCUT2D eigenvalue weighted by atomic mass is 16.5. The molecule has 0 spiro atoms. The Morgan fingerprint density at radius 3 is 2.62 bits per heavy atom. The number of nitrogens with one attached hydrogen (secondary N) is 1. The number of hydrogen-bond donors (Lipinski definition) is 2. The topological polar surface area (TPSA) is 71.0 Å². The van der Waals surface area contributed by atoms with Crippen molar-refractivity contribution in [1.29, 1.82) is 0 Å². The quantitative estimate of drug-likeness (QED) is 0.639. The van der Waals surface area contributed by atoms with Gasteiger partial charge >= 0.3 is 0 Å². The number of piperidine rings is 1. The Labute approximate surface area is 127 Å². The molecule has 1 aliphatic rings. The van der Waals surface area contributed by atoms with E-state index in [4.69, 9.17) is 9.47 Å². The van der Waals surface area contributed by atoms with Crippen molar-refractivity contribution in [3.63, 3.8) is 0 Å². The molecule has 1 rings (SSSR count). The standard InChI is InChI=1S/C15H30N2O4/c1-12(10-20-3)21-11-15(19)9-17-6-4-14(5-7-17)8-16-13(2)18/h12,14-15,19H,4-11H2,1-3H3,(H,16,18). The smallest absolute Gasteiger partial charge is 0.216 e. The van der Waals surface area contributed by atoms with Crippen LogP contribution in [0.3, 0.4) is 0 Å². The van der Waals surface area contributed by atoms with E-state index < -0.39 is 6.10 Å². The predicted octanol–water partition coefficient (Wildman–Crippen LogP) is 0.247. The Balaban J connectivity index is 2.12.